The van der Waals surface area contributed by atoms with Gasteiger partial charge in [0.1, 0.15) is 11.6 Å². The fraction of sp³-hybridized carbons (Fsp3) is 0.333. The fourth-order valence-electron chi connectivity index (χ4n) is 2.41. The van der Waals surface area contributed by atoms with Crippen LogP contribution in [-0.2, 0) is 0 Å². The molecule has 0 radical (unpaired) electrons. The zero-order valence-electron chi connectivity index (χ0n) is 12.8. The molecule has 2 aromatic carbocycles. The second-order valence-electron chi connectivity index (χ2n) is 5.13. The van der Waals surface area contributed by atoms with Crippen LogP contribution in [0.2, 0.25) is 0 Å². The Labute approximate surface area is 126 Å². The summed E-state index contributed by atoms with van der Waals surface area (Å²) in [6.45, 7) is 6.68. The van der Waals surface area contributed by atoms with Crippen LogP contribution in [0, 0.1) is 5.82 Å². The SMILES string of the molecule is CCOc1ccc(C(C)NC(C)c2ccccc2F)cc1. The van der Waals surface area contributed by atoms with Gasteiger partial charge in [-0.2, -0.15) is 0 Å². The van der Waals surface area contributed by atoms with Gasteiger partial charge in [-0.05, 0) is 44.5 Å². The molecule has 2 aromatic rings. The molecule has 21 heavy (non-hydrogen) atoms. The maximum atomic E-state index is 13.8. The summed E-state index contributed by atoms with van der Waals surface area (Å²) in [5.74, 6) is 0.701. The van der Waals surface area contributed by atoms with Crippen molar-refractivity contribution in [1.29, 1.82) is 0 Å². The molecule has 0 amide bonds. The van der Waals surface area contributed by atoms with E-state index in [0.717, 1.165) is 11.3 Å². The maximum Gasteiger partial charge on any atom is 0.127 e. The second-order valence-corrected chi connectivity index (χ2v) is 5.13. The van der Waals surface area contributed by atoms with E-state index in [1.54, 1.807) is 6.07 Å². The minimum atomic E-state index is -0.170. The van der Waals surface area contributed by atoms with Gasteiger partial charge in [0, 0.05) is 17.6 Å². The lowest BCUT2D eigenvalue weighted by Gasteiger charge is -2.21. The monoisotopic (exact) mass is 287 g/mol. The van der Waals surface area contributed by atoms with E-state index in [1.807, 2.05) is 50.2 Å². The first-order chi connectivity index (χ1) is 10.1. The summed E-state index contributed by atoms with van der Waals surface area (Å²) in [6, 6.07) is 15.0. The zero-order chi connectivity index (χ0) is 15.2. The summed E-state index contributed by atoms with van der Waals surface area (Å²) in [6.07, 6.45) is 0. The Hall–Kier alpha value is -1.87. The van der Waals surface area contributed by atoms with Crippen molar-refractivity contribution in [3.05, 3.63) is 65.5 Å². The molecule has 2 rings (SSSR count). The van der Waals surface area contributed by atoms with Gasteiger partial charge in [-0.3, -0.25) is 0 Å². The fourth-order valence-corrected chi connectivity index (χ4v) is 2.41. The number of hydrogen-bond donors (Lipinski definition) is 1. The average Bonchev–Trinajstić information content (AvgIpc) is 2.48. The summed E-state index contributed by atoms with van der Waals surface area (Å²) in [4.78, 5) is 0. The van der Waals surface area contributed by atoms with Gasteiger partial charge in [-0.25, -0.2) is 4.39 Å². The standard InChI is InChI=1S/C18H22FNO/c1-4-21-16-11-9-15(10-12-16)13(2)20-14(3)17-7-5-6-8-18(17)19/h5-14,20H,4H2,1-3H3. The van der Waals surface area contributed by atoms with Gasteiger partial charge in [0.15, 0.2) is 0 Å². The van der Waals surface area contributed by atoms with Crippen LogP contribution in [0.1, 0.15) is 44.0 Å². The number of rotatable bonds is 6. The van der Waals surface area contributed by atoms with Crippen molar-refractivity contribution in [1.82, 2.24) is 5.32 Å². The minimum absolute atomic E-state index is 0.0484. The highest BCUT2D eigenvalue weighted by atomic mass is 19.1. The molecule has 112 valence electrons. The Bertz CT molecular complexity index is 568. The first-order valence-corrected chi connectivity index (χ1v) is 7.35. The summed E-state index contributed by atoms with van der Waals surface area (Å²) in [5, 5.41) is 3.42. The first kappa shape index (κ1) is 15.5. The predicted molar refractivity (Wildman–Crippen MR) is 84.0 cm³/mol. The Morgan fingerprint density at radius 1 is 1.00 bits per heavy atom. The minimum Gasteiger partial charge on any atom is -0.494 e. The molecule has 0 saturated carbocycles. The van der Waals surface area contributed by atoms with Crippen molar-refractivity contribution in [2.24, 2.45) is 0 Å². The molecule has 0 fully saturated rings. The van der Waals surface area contributed by atoms with Crippen LogP contribution in [-0.4, -0.2) is 6.61 Å². The van der Waals surface area contributed by atoms with Crippen molar-refractivity contribution in [3.63, 3.8) is 0 Å². The van der Waals surface area contributed by atoms with Gasteiger partial charge in [0.2, 0.25) is 0 Å². The zero-order valence-corrected chi connectivity index (χ0v) is 12.8. The molecule has 0 aliphatic carbocycles. The molecule has 0 aromatic heterocycles. The first-order valence-electron chi connectivity index (χ1n) is 7.35. The van der Waals surface area contributed by atoms with Crippen LogP contribution in [0.3, 0.4) is 0 Å². The smallest absolute Gasteiger partial charge is 0.127 e. The largest absolute Gasteiger partial charge is 0.494 e. The quantitative estimate of drug-likeness (QED) is 0.836. The maximum absolute atomic E-state index is 13.8. The van der Waals surface area contributed by atoms with E-state index in [4.69, 9.17) is 4.74 Å². The number of hydrogen-bond acceptors (Lipinski definition) is 2. The molecule has 0 spiro atoms. The van der Waals surface area contributed by atoms with E-state index in [9.17, 15) is 4.39 Å². The van der Waals surface area contributed by atoms with Crippen molar-refractivity contribution in [3.8, 4) is 5.75 Å². The van der Waals surface area contributed by atoms with E-state index in [-0.39, 0.29) is 17.9 Å². The Balaban J connectivity index is 2.03. The lowest BCUT2D eigenvalue weighted by atomic mass is 10.0. The second kappa shape index (κ2) is 7.23. The van der Waals surface area contributed by atoms with E-state index in [0.29, 0.717) is 12.2 Å². The molecule has 0 aliphatic rings. The molecule has 0 saturated heterocycles. The molecule has 1 N–H and O–H groups in total. The van der Waals surface area contributed by atoms with Crippen LogP contribution in [0.4, 0.5) is 4.39 Å². The van der Waals surface area contributed by atoms with Gasteiger partial charge < -0.3 is 10.1 Å². The van der Waals surface area contributed by atoms with E-state index in [2.05, 4.69) is 12.2 Å². The van der Waals surface area contributed by atoms with Crippen molar-refractivity contribution < 1.29 is 9.13 Å². The highest BCUT2D eigenvalue weighted by Crippen LogP contribution is 2.22. The van der Waals surface area contributed by atoms with Crippen molar-refractivity contribution >= 4 is 0 Å². The predicted octanol–water partition coefficient (Wildman–Crippen LogP) is 4.64. The Kier molecular flexibility index (Phi) is 5.34. The molecule has 3 heteroatoms. The Morgan fingerprint density at radius 2 is 1.67 bits per heavy atom. The third kappa shape index (κ3) is 4.05. The molecule has 2 nitrogen and oxygen atoms in total. The molecule has 2 atom stereocenters. The molecule has 2 unspecified atom stereocenters. The number of nitrogens with one attached hydrogen (secondary N) is 1. The van der Waals surface area contributed by atoms with Crippen LogP contribution in [0.5, 0.6) is 5.75 Å². The van der Waals surface area contributed by atoms with Gasteiger partial charge in [0.05, 0.1) is 6.61 Å². The third-order valence-electron chi connectivity index (χ3n) is 3.56. The van der Waals surface area contributed by atoms with Gasteiger partial charge >= 0.3 is 0 Å². The average molecular weight is 287 g/mol. The van der Waals surface area contributed by atoms with Gasteiger partial charge in [-0.1, -0.05) is 30.3 Å². The molecular formula is C18H22FNO. The van der Waals surface area contributed by atoms with Crippen LogP contribution in [0.15, 0.2) is 48.5 Å². The summed E-state index contributed by atoms with van der Waals surface area (Å²) in [7, 11) is 0. The van der Waals surface area contributed by atoms with Crippen molar-refractivity contribution in [2.45, 2.75) is 32.9 Å². The van der Waals surface area contributed by atoms with Crippen molar-refractivity contribution in [2.75, 3.05) is 6.61 Å². The topological polar surface area (TPSA) is 21.3 Å². The molecule has 0 heterocycles. The highest BCUT2D eigenvalue weighted by molar-refractivity contribution is 5.29. The number of ether oxygens (including phenoxy) is 1. The van der Waals surface area contributed by atoms with Gasteiger partial charge in [-0.15, -0.1) is 0 Å². The molecular weight excluding hydrogens is 265 g/mol. The highest BCUT2D eigenvalue weighted by Gasteiger charge is 2.14. The van der Waals surface area contributed by atoms with Crippen LogP contribution < -0.4 is 10.1 Å². The summed E-state index contributed by atoms with van der Waals surface area (Å²) >= 11 is 0. The van der Waals surface area contributed by atoms with Gasteiger partial charge in [0.25, 0.3) is 0 Å². The molecule has 0 aliphatic heterocycles. The Morgan fingerprint density at radius 3 is 2.29 bits per heavy atom. The number of halogens is 1. The van der Waals surface area contributed by atoms with Crippen LogP contribution >= 0.6 is 0 Å². The lowest BCUT2D eigenvalue weighted by Crippen LogP contribution is -2.23. The van der Waals surface area contributed by atoms with E-state index < -0.39 is 0 Å². The van der Waals surface area contributed by atoms with E-state index >= 15 is 0 Å². The van der Waals surface area contributed by atoms with Crippen LogP contribution in [0.25, 0.3) is 0 Å². The summed E-state index contributed by atoms with van der Waals surface area (Å²) in [5.41, 5.74) is 1.84. The summed E-state index contributed by atoms with van der Waals surface area (Å²) < 4.78 is 19.2. The molecule has 0 bridgehead atoms. The number of benzene rings is 2. The normalized spacial score (nSPS) is 13.7. The lowest BCUT2D eigenvalue weighted by molar-refractivity contribution is 0.340. The third-order valence-corrected chi connectivity index (χ3v) is 3.56. The van der Waals surface area contributed by atoms with E-state index in [1.165, 1.54) is 6.07 Å².